The van der Waals surface area contributed by atoms with E-state index in [9.17, 15) is 4.79 Å². The zero-order valence-electron chi connectivity index (χ0n) is 9.25. The maximum Gasteiger partial charge on any atom is 0.202 e. The summed E-state index contributed by atoms with van der Waals surface area (Å²) in [6.07, 6.45) is 0. The Morgan fingerprint density at radius 1 is 1.26 bits per heavy atom. The molecular weight excluding hydrogens is 439 g/mol. The minimum Gasteiger partial charge on any atom is -0.484 e. The Bertz CT molecular complexity index is 628. The van der Waals surface area contributed by atoms with Crippen molar-refractivity contribution in [2.45, 2.75) is 0 Å². The molecule has 1 heterocycles. The van der Waals surface area contributed by atoms with Gasteiger partial charge in [0, 0.05) is 10.6 Å². The van der Waals surface area contributed by atoms with E-state index in [1.54, 1.807) is 24.3 Å². The van der Waals surface area contributed by atoms with Gasteiger partial charge in [-0.2, -0.15) is 0 Å². The Kier molecular flexibility index (Phi) is 5.31. The third-order valence-corrected chi connectivity index (χ3v) is 5.08. The third-order valence-electron chi connectivity index (χ3n) is 2.21. The zero-order valence-corrected chi connectivity index (χ0v) is 14.8. The summed E-state index contributed by atoms with van der Waals surface area (Å²) in [5.74, 6) is 0.310. The minimum absolute atomic E-state index is 0.0802. The van der Waals surface area contributed by atoms with Gasteiger partial charge in [-0.1, -0.05) is 23.2 Å². The summed E-state index contributed by atoms with van der Waals surface area (Å²) in [6.45, 7) is -0.0802. The number of benzene rings is 1. The highest BCUT2D eigenvalue weighted by molar-refractivity contribution is 9.12. The molecule has 0 saturated heterocycles. The van der Waals surface area contributed by atoms with Crippen molar-refractivity contribution in [2.75, 3.05) is 6.61 Å². The van der Waals surface area contributed by atoms with Crippen LogP contribution in [0.3, 0.4) is 0 Å². The number of carbonyl (C=O) groups is 1. The lowest BCUT2D eigenvalue weighted by atomic mass is 10.2. The van der Waals surface area contributed by atoms with E-state index in [0.717, 1.165) is 7.57 Å². The molecule has 0 unspecified atom stereocenters. The quantitative estimate of drug-likeness (QED) is 0.553. The van der Waals surface area contributed by atoms with Crippen LogP contribution in [0.2, 0.25) is 10.0 Å². The highest BCUT2D eigenvalue weighted by Crippen LogP contribution is 2.32. The smallest absolute Gasteiger partial charge is 0.202 e. The Labute approximate surface area is 140 Å². The first-order valence-electron chi connectivity index (χ1n) is 5.03. The molecule has 1 aromatic carbocycles. The number of halogens is 4. The molecule has 2 rings (SSSR count). The molecular formula is C12H6Br2Cl2O2S. The van der Waals surface area contributed by atoms with E-state index in [1.807, 2.05) is 0 Å². The summed E-state index contributed by atoms with van der Waals surface area (Å²) in [4.78, 5) is 12.0. The van der Waals surface area contributed by atoms with E-state index in [4.69, 9.17) is 27.9 Å². The standard InChI is InChI=1S/C12H6Br2Cl2O2S/c13-11-4-7(12(14)19-11)9(17)5-18-10-2-1-6(15)3-8(10)16/h1-4H,5H2. The molecule has 0 aliphatic rings. The largest absolute Gasteiger partial charge is 0.484 e. The van der Waals surface area contributed by atoms with Crippen LogP contribution in [0.1, 0.15) is 10.4 Å². The first-order valence-corrected chi connectivity index (χ1v) is 8.19. The highest BCUT2D eigenvalue weighted by atomic mass is 79.9. The Morgan fingerprint density at radius 2 is 2.00 bits per heavy atom. The number of carbonyl (C=O) groups excluding carboxylic acids is 1. The van der Waals surface area contributed by atoms with E-state index in [-0.39, 0.29) is 12.4 Å². The molecule has 0 aliphatic heterocycles. The second-order valence-electron chi connectivity index (χ2n) is 3.52. The molecule has 1 aromatic heterocycles. The molecule has 2 nitrogen and oxygen atoms in total. The lowest BCUT2D eigenvalue weighted by Crippen LogP contribution is -2.11. The molecule has 0 amide bonds. The van der Waals surface area contributed by atoms with E-state index in [1.165, 1.54) is 11.3 Å². The Hall–Kier alpha value is -0.0700. The lowest BCUT2D eigenvalue weighted by molar-refractivity contribution is 0.0921. The van der Waals surface area contributed by atoms with Crippen molar-refractivity contribution in [3.05, 3.63) is 47.4 Å². The van der Waals surface area contributed by atoms with Gasteiger partial charge in [0.2, 0.25) is 5.78 Å². The highest BCUT2D eigenvalue weighted by Gasteiger charge is 2.15. The number of thiophene rings is 1. The van der Waals surface area contributed by atoms with Crippen LogP contribution < -0.4 is 4.74 Å². The lowest BCUT2D eigenvalue weighted by Gasteiger charge is -2.07. The molecule has 0 spiro atoms. The number of ketones is 1. The van der Waals surface area contributed by atoms with Gasteiger partial charge in [-0.3, -0.25) is 4.79 Å². The predicted molar refractivity (Wildman–Crippen MR) is 86.0 cm³/mol. The predicted octanol–water partition coefficient (Wildman–Crippen LogP) is 5.84. The summed E-state index contributed by atoms with van der Waals surface area (Å²) < 4.78 is 7.06. The van der Waals surface area contributed by atoms with Crippen LogP contribution in [0.5, 0.6) is 5.75 Å². The van der Waals surface area contributed by atoms with Gasteiger partial charge in [-0.25, -0.2) is 0 Å². The van der Waals surface area contributed by atoms with Gasteiger partial charge in [-0.15, -0.1) is 11.3 Å². The molecule has 0 aliphatic carbocycles. The van der Waals surface area contributed by atoms with Crippen LogP contribution in [0.15, 0.2) is 31.8 Å². The molecule has 19 heavy (non-hydrogen) atoms. The van der Waals surface area contributed by atoms with Gasteiger partial charge in [0.25, 0.3) is 0 Å². The average Bonchev–Trinajstić information content (AvgIpc) is 2.67. The Morgan fingerprint density at radius 3 is 2.58 bits per heavy atom. The molecule has 0 bridgehead atoms. The van der Waals surface area contributed by atoms with Gasteiger partial charge >= 0.3 is 0 Å². The van der Waals surface area contributed by atoms with Gasteiger partial charge < -0.3 is 4.74 Å². The Balaban J connectivity index is 2.06. The summed E-state index contributed by atoms with van der Waals surface area (Å²) >= 11 is 19.8. The normalized spacial score (nSPS) is 10.5. The van der Waals surface area contributed by atoms with E-state index in [2.05, 4.69) is 31.9 Å². The van der Waals surface area contributed by atoms with Crippen LogP contribution in [0.4, 0.5) is 0 Å². The first kappa shape index (κ1) is 15.3. The zero-order chi connectivity index (χ0) is 14.0. The topological polar surface area (TPSA) is 26.3 Å². The number of hydrogen-bond donors (Lipinski definition) is 0. The van der Waals surface area contributed by atoms with Crippen LogP contribution in [0, 0.1) is 0 Å². The van der Waals surface area contributed by atoms with Crippen molar-refractivity contribution in [3.8, 4) is 5.75 Å². The monoisotopic (exact) mass is 442 g/mol. The fraction of sp³-hybridized carbons (Fsp3) is 0.0833. The van der Waals surface area contributed by atoms with Crippen molar-refractivity contribution in [2.24, 2.45) is 0 Å². The number of rotatable bonds is 4. The van der Waals surface area contributed by atoms with Crippen LogP contribution in [0.25, 0.3) is 0 Å². The van der Waals surface area contributed by atoms with Crippen LogP contribution in [-0.2, 0) is 0 Å². The van der Waals surface area contributed by atoms with Crippen molar-refractivity contribution < 1.29 is 9.53 Å². The molecule has 0 saturated carbocycles. The summed E-state index contributed by atoms with van der Waals surface area (Å²) in [7, 11) is 0. The maximum atomic E-state index is 12.0. The van der Waals surface area contributed by atoms with Crippen molar-refractivity contribution in [3.63, 3.8) is 0 Å². The van der Waals surface area contributed by atoms with Crippen LogP contribution in [-0.4, -0.2) is 12.4 Å². The number of Topliss-reactive ketones (excluding diaryl/α,β-unsaturated/α-hetero) is 1. The second-order valence-corrected chi connectivity index (χ2v) is 8.12. The molecule has 0 N–H and O–H groups in total. The van der Waals surface area contributed by atoms with Gasteiger partial charge in [0.15, 0.2) is 6.61 Å². The van der Waals surface area contributed by atoms with E-state index in [0.29, 0.717) is 21.4 Å². The SMILES string of the molecule is O=C(COc1ccc(Cl)cc1Cl)c1cc(Br)sc1Br. The fourth-order valence-electron chi connectivity index (χ4n) is 1.34. The third kappa shape index (κ3) is 3.95. The maximum absolute atomic E-state index is 12.0. The molecule has 2 aromatic rings. The summed E-state index contributed by atoms with van der Waals surface area (Å²) in [5, 5.41) is 0.902. The van der Waals surface area contributed by atoms with E-state index < -0.39 is 0 Å². The molecule has 7 heteroatoms. The van der Waals surface area contributed by atoms with Gasteiger partial charge in [0.05, 0.1) is 12.6 Å². The van der Waals surface area contributed by atoms with E-state index >= 15 is 0 Å². The van der Waals surface area contributed by atoms with Gasteiger partial charge in [0.1, 0.15) is 5.75 Å². The first-order chi connectivity index (χ1) is 8.97. The molecule has 0 atom stereocenters. The fourth-order valence-corrected chi connectivity index (χ4v) is 4.66. The van der Waals surface area contributed by atoms with Crippen molar-refractivity contribution in [1.29, 1.82) is 0 Å². The minimum atomic E-state index is -0.125. The summed E-state index contributed by atoms with van der Waals surface area (Å²) in [6, 6.07) is 6.62. The average molecular weight is 445 g/mol. The van der Waals surface area contributed by atoms with Gasteiger partial charge in [-0.05, 0) is 56.1 Å². The number of hydrogen-bond acceptors (Lipinski definition) is 3. The van der Waals surface area contributed by atoms with Crippen molar-refractivity contribution in [1.82, 2.24) is 0 Å². The molecule has 0 radical (unpaired) electrons. The van der Waals surface area contributed by atoms with Crippen LogP contribution >= 0.6 is 66.4 Å². The molecule has 0 fully saturated rings. The second kappa shape index (κ2) is 6.59. The summed E-state index contributed by atoms with van der Waals surface area (Å²) in [5.41, 5.74) is 0.585. The van der Waals surface area contributed by atoms with Crippen molar-refractivity contribution >= 4 is 72.2 Å². The number of ether oxygens (including phenoxy) is 1. The molecule has 100 valence electrons.